The van der Waals surface area contributed by atoms with E-state index in [9.17, 15) is 0 Å². The Morgan fingerprint density at radius 2 is 0.397 bits per heavy atom. The van der Waals surface area contributed by atoms with E-state index in [4.69, 9.17) is 0 Å². The van der Waals surface area contributed by atoms with Crippen molar-refractivity contribution in [1.29, 1.82) is 0 Å². The van der Waals surface area contributed by atoms with E-state index in [-0.39, 0.29) is 22.3 Å². The fraction of sp³-hybridized carbons (Fsp3) is 0.700. The van der Waals surface area contributed by atoms with E-state index in [0.717, 1.165) is 46.2 Å². The molecule has 68 heavy (non-hydrogen) atoms. The molecule has 0 saturated carbocycles. The molecule has 0 bridgehead atoms. The molecular formula is C60H131NO6S. The van der Waals surface area contributed by atoms with Crippen LogP contribution in [-0.4, -0.2) is 108 Å². The molecule has 0 aliphatic heterocycles. The molecule has 3 aromatic rings. The fourth-order valence-electron chi connectivity index (χ4n) is 1.91. The maximum absolute atomic E-state index is 4.54. The van der Waals surface area contributed by atoms with Crippen LogP contribution in [0, 0.1) is 41.5 Å². The number of benzene rings is 3. The number of aryl methyl sites for hydroxylation is 6. The zero-order valence-corrected chi connectivity index (χ0v) is 49.9. The molecule has 0 radical (unpaired) electrons. The van der Waals surface area contributed by atoms with E-state index < -0.39 is 0 Å². The van der Waals surface area contributed by atoms with E-state index in [0.29, 0.717) is 0 Å². The average Bonchev–Trinajstić information content (AvgIpc) is 3.33. The Kier molecular flexibility index (Phi) is 182. The van der Waals surface area contributed by atoms with Gasteiger partial charge in [-0.15, -0.1) is 0 Å². The molecule has 0 fully saturated rings. The number of methoxy groups -OCH3 is 6. The second kappa shape index (κ2) is 120. The number of hydrogen-bond acceptors (Lipinski definition) is 8. The summed E-state index contributed by atoms with van der Waals surface area (Å²) in [5, 5.41) is 2.93. The zero-order chi connectivity index (χ0) is 53.4. The smallest absolute Gasteiger partial charge is 0.0433 e. The first kappa shape index (κ1) is 103. The van der Waals surface area contributed by atoms with Crippen LogP contribution in [0.15, 0.2) is 72.8 Å². The normalized spacial score (nSPS) is 7.59. The molecule has 0 unspecified atom stereocenters. The lowest BCUT2D eigenvalue weighted by Crippen LogP contribution is -2.01. The van der Waals surface area contributed by atoms with Crippen LogP contribution in [0.5, 0.6) is 0 Å². The minimum atomic E-state index is 0. The Morgan fingerprint density at radius 1 is 0.324 bits per heavy atom. The lowest BCUT2D eigenvalue weighted by molar-refractivity contribution is 0.215. The van der Waals surface area contributed by atoms with Crippen LogP contribution in [0.1, 0.15) is 172 Å². The Balaban J connectivity index is -0.0000000390. The zero-order valence-electron chi connectivity index (χ0n) is 49.1. The van der Waals surface area contributed by atoms with Crippen molar-refractivity contribution in [3.05, 3.63) is 106 Å². The molecule has 7 nitrogen and oxygen atoms in total. The quantitative estimate of drug-likeness (QED) is 0.239. The number of ether oxygens (including phenoxy) is 6. The van der Waals surface area contributed by atoms with Crippen LogP contribution in [0.25, 0.3) is 0 Å². The van der Waals surface area contributed by atoms with Crippen molar-refractivity contribution in [1.82, 2.24) is 5.32 Å². The first-order valence-electron chi connectivity index (χ1n) is 24.1. The fourth-order valence-corrected chi connectivity index (χ4v) is 1.91. The third kappa shape index (κ3) is 196. The molecule has 1 N–H and O–H groups in total. The second-order valence-corrected chi connectivity index (χ2v) is 14.5. The van der Waals surface area contributed by atoms with Gasteiger partial charge in [-0.3, -0.25) is 0 Å². The number of nitrogens with one attached hydrogen (secondary N) is 1. The largest absolute Gasteiger partial charge is 0.385 e. The van der Waals surface area contributed by atoms with E-state index in [1.807, 2.05) is 60.4 Å². The van der Waals surface area contributed by atoms with Gasteiger partial charge in [0, 0.05) is 82.3 Å². The van der Waals surface area contributed by atoms with Crippen molar-refractivity contribution >= 4 is 11.8 Å². The van der Waals surface area contributed by atoms with Crippen LogP contribution in [-0.2, 0) is 28.4 Å². The highest BCUT2D eigenvalue weighted by molar-refractivity contribution is 7.98. The Hall–Kier alpha value is -2.27. The van der Waals surface area contributed by atoms with Gasteiger partial charge in [-0.05, 0) is 109 Å². The maximum atomic E-state index is 4.54. The minimum absolute atomic E-state index is 0. The summed E-state index contributed by atoms with van der Waals surface area (Å²) in [4.78, 5) is 0. The Morgan fingerprint density at radius 3 is 0.426 bits per heavy atom. The summed E-state index contributed by atoms with van der Waals surface area (Å²) in [5.41, 5.74) is 7.98. The maximum Gasteiger partial charge on any atom is 0.0433 e. The van der Waals surface area contributed by atoms with Crippen molar-refractivity contribution in [3.63, 3.8) is 0 Å². The van der Waals surface area contributed by atoms with Crippen LogP contribution < -0.4 is 5.32 Å². The van der Waals surface area contributed by atoms with Crippen molar-refractivity contribution in [2.75, 3.05) is 108 Å². The molecule has 0 heterocycles. The van der Waals surface area contributed by atoms with E-state index in [1.165, 1.54) is 58.4 Å². The molecule has 8 heteroatoms. The lowest BCUT2D eigenvalue weighted by atomic mass is 10.2. The summed E-state index contributed by atoms with van der Waals surface area (Å²) >= 11 is 1.86. The summed E-state index contributed by atoms with van der Waals surface area (Å²) in [6.07, 6.45) is 5.85. The van der Waals surface area contributed by atoms with Crippen LogP contribution in [0.4, 0.5) is 0 Å². The second-order valence-electron chi connectivity index (χ2n) is 13.3. The highest BCUT2D eigenvalue weighted by Crippen LogP contribution is 2.01. The van der Waals surface area contributed by atoms with Crippen LogP contribution in [0.2, 0.25) is 0 Å². The van der Waals surface area contributed by atoms with Gasteiger partial charge in [0.15, 0.2) is 0 Å². The number of rotatable bonds is 8. The average molecular weight is 995 g/mol. The number of thioether (sulfide) groups is 1. The van der Waals surface area contributed by atoms with E-state index in [1.54, 1.807) is 42.7 Å². The molecule has 0 saturated heterocycles. The monoisotopic (exact) mass is 994 g/mol. The Bertz CT molecular complexity index is 787. The molecule has 3 rings (SSSR count). The Labute approximate surface area is 437 Å². The molecule has 0 aromatic heterocycles. The summed E-state index contributed by atoms with van der Waals surface area (Å²) in [7, 11) is 12.0. The predicted octanol–water partition coefficient (Wildman–Crippen LogP) is 18.6. The van der Waals surface area contributed by atoms with Gasteiger partial charge in [-0.25, -0.2) is 0 Å². The van der Waals surface area contributed by atoms with Crippen molar-refractivity contribution in [2.24, 2.45) is 0 Å². The van der Waals surface area contributed by atoms with Gasteiger partial charge < -0.3 is 33.7 Å². The standard InChI is InChI=1S/3C8H10.C3H9N.6C3H8O.C3H8S.3C3H8.3CH4/c3*1-7-3-5-8(2)6-4-7;8*1-3-4-2;3*1-3-2;;;/h3*3-6H,1-2H3;4H,3H2,1-2H3;7*3H2,1-2H3;3*3H2,1-2H3;3*1H4. The van der Waals surface area contributed by atoms with Gasteiger partial charge in [-0.2, -0.15) is 11.8 Å². The van der Waals surface area contributed by atoms with Crippen molar-refractivity contribution in [3.8, 4) is 0 Å². The van der Waals surface area contributed by atoms with E-state index >= 15 is 0 Å². The summed E-state index contributed by atoms with van der Waals surface area (Å²) in [5.74, 6) is 1.24. The minimum Gasteiger partial charge on any atom is -0.385 e. The highest BCUT2D eigenvalue weighted by Gasteiger charge is 1.81. The molecular weight excluding hydrogens is 863 g/mol. The van der Waals surface area contributed by atoms with Crippen molar-refractivity contribution < 1.29 is 28.4 Å². The van der Waals surface area contributed by atoms with Gasteiger partial charge in [-0.1, -0.05) is 203 Å². The summed E-state index contributed by atoms with van der Waals surface area (Å²) < 4.78 is 27.2. The summed E-state index contributed by atoms with van der Waals surface area (Å²) in [6.45, 7) is 47.3. The first-order chi connectivity index (χ1) is 30.9. The third-order valence-electron chi connectivity index (χ3n) is 6.03. The highest BCUT2D eigenvalue weighted by atomic mass is 32.2. The third-order valence-corrected chi connectivity index (χ3v) is 6.61. The SMILES string of the molecule is C.C.C.CCC.CCC.CCC.CCNC.CCOC.CCOC.CCOC.CCOC.CCOC.CCOC.CCSC.Cc1ccc(C)cc1.Cc1ccc(C)cc1.Cc1ccc(C)cc1. The molecule has 3 aromatic carbocycles. The molecule has 0 atom stereocenters. The van der Waals surface area contributed by atoms with Gasteiger partial charge in [0.25, 0.3) is 0 Å². The first-order valence-corrected chi connectivity index (χ1v) is 25.5. The van der Waals surface area contributed by atoms with Crippen LogP contribution in [0.3, 0.4) is 0 Å². The van der Waals surface area contributed by atoms with Crippen molar-refractivity contribution in [2.45, 2.75) is 180 Å². The van der Waals surface area contributed by atoms with E-state index in [2.05, 4.69) is 210 Å². The molecule has 0 spiro atoms. The van der Waals surface area contributed by atoms with Crippen LogP contribution >= 0.6 is 11.8 Å². The molecule has 0 amide bonds. The lowest BCUT2D eigenvalue weighted by Gasteiger charge is -1.90. The predicted molar refractivity (Wildman–Crippen MR) is 325 cm³/mol. The topological polar surface area (TPSA) is 67.4 Å². The van der Waals surface area contributed by atoms with Gasteiger partial charge in [0.1, 0.15) is 0 Å². The summed E-state index contributed by atoms with van der Waals surface area (Å²) in [6, 6.07) is 25.4. The van der Waals surface area contributed by atoms with Gasteiger partial charge in [0.2, 0.25) is 0 Å². The molecule has 0 aliphatic rings. The molecule has 0 aliphatic carbocycles. The van der Waals surface area contributed by atoms with Gasteiger partial charge in [0.05, 0.1) is 0 Å². The number of hydrogen-bond donors (Lipinski definition) is 1. The van der Waals surface area contributed by atoms with Gasteiger partial charge >= 0.3 is 0 Å². The molecule has 418 valence electrons.